The predicted octanol–water partition coefficient (Wildman–Crippen LogP) is 4.41. The normalized spacial score (nSPS) is 11.0. The Morgan fingerprint density at radius 1 is 1.06 bits per heavy atom. The van der Waals surface area contributed by atoms with Gasteiger partial charge in [0.1, 0.15) is 0 Å². The van der Waals surface area contributed by atoms with Gasteiger partial charge in [-0.05, 0) is 48.9 Å². The van der Waals surface area contributed by atoms with Crippen molar-refractivity contribution in [3.05, 3.63) is 89.0 Å². The van der Waals surface area contributed by atoms with Crippen LogP contribution in [0.5, 0.6) is 0 Å². The van der Waals surface area contributed by atoms with Crippen LogP contribution in [0.2, 0.25) is 0 Å². The Bertz CT molecular complexity index is 1500. The highest BCUT2D eigenvalue weighted by Gasteiger charge is 2.15. The zero-order valence-corrected chi connectivity index (χ0v) is 16.6. The van der Waals surface area contributed by atoms with E-state index in [1.807, 2.05) is 37.3 Å². The molecule has 0 atom stereocenters. The van der Waals surface area contributed by atoms with Crippen molar-refractivity contribution < 1.29 is 4.79 Å². The molecule has 3 aromatic heterocycles. The average molecular weight is 410 g/mol. The van der Waals surface area contributed by atoms with E-state index in [1.165, 1.54) is 6.07 Å². The van der Waals surface area contributed by atoms with Gasteiger partial charge in [0.25, 0.3) is 5.56 Å². The molecule has 0 spiro atoms. The summed E-state index contributed by atoms with van der Waals surface area (Å²) in [6.45, 7) is 1.85. The molecule has 3 heterocycles. The van der Waals surface area contributed by atoms with E-state index < -0.39 is 11.6 Å². The van der Waals surface area contributed by atoms with Gasteiger partial charge in [-0.15, -0.1) is 0 Å². The lowest BCUT2D eigenvalue weighted by Gasteiger charge is -2.14. The number of benzene rings is 2. The molecule has 0 fully saturated rings. The third kappa shape index (κ3) is 3.40. The number of fused-ring (bicyclic) bond motifs is 2. The maximum absolute atomic E-state index is 13.1. The molecule has 5 rings (SSSR count). The molecule has 0 saturated heterocycles. The van der Waals surface area contributed by atoms with Crippen LogP contribution in [0.3, 0.4) is 0 Å². The molecule has 0 unspecified atom stereocenters. The molecule has 8 nitrogen and oxygen atoms in total. The lowest BCUT2D eigenvalue weighted by atomic mass is 10.1. The Labute approximate surface area is 176 Å². The summed E-state index contributed by atoms with van der Waals surface area (Å²) in [6.07, 6.45) is 3.37. The number of nitrogens with zero attached hydrogens (tertiary/aromatic N) is 3. The summed E-state index contributed by atoms with van der Waals surface area (Å²) in [5, 5.41) is 14.8. The number of rotatable bonds is 3. The first-order valence-electron chi connectivity index (χ1n) is 9.68. The van der Waals surface area contributed by atoms with Crippen LogP contribution in [-0.2, 0) is 0 Å². The van der Waals surface area contributed by atoms with E-state index in [0.29, 0.717) is 17.0 Å². The van der Waals surface area contributed by atoms with Crippen molar-refractivity contribution in [3.63, 3.8) is 0 Å². The summed E-state index contributed by atoms with van der Waals surface area (Å²) < 4.78 is 1.13. The van der Waals surface area contributed by atoms with E-state index in [1.54, 1.807) is 36.7 Å². The van der Waals surface area contributed by atoms with Crippen LogP contribution in [0.15, 0.2) is 77.9 Å². The monoisotopic (exact) mass is 410 g/mol. The van der Waals surface area contributed by atoms with Crippen molar-refractivity contribution in [1.29, 1.82) is 0 Å². The molecule has 0 aliphatic heterocycles. The third-order valence-corrected chi connectivity index (χ3v) is 5.09. The predicted molar refractivity (Wildman–Crippen MR) is 121 cm³/mol. The molecule has 5 aromatic rings. The van der Waals surface area contributed by atoms with Gasteiger partial charge in [-0.2, -0.15) is 5.10 Å². The quantitative estimate of drug-likeness (QED) is 0.409. The van der Waals surface area contributed by atoms with Gasteiger partial charge in [-0.1, -0.05) is 18.2 Å². The minimum Gasteiger partial charge on any atom is -0.338 e. The van der Waals surface area contributed by atoms with E-state index in [-0.39, 0.29) is 0 Å². The smallest absolute Gasteiger partial charge is 0.333 e. The highest BCUT2D eigenvalue weighted by atomic mass is 16.2. The number of H-pyrrole nitrogens is 1. The Morgan fingerprint density at radius 3 is 2.84 bits per heavy atom. The van der Waals surface area contributed by atoms with Crippen molar-refractivity contribution >= 4 is 45.0 Å². The summed E-state index contributed by atoms with van der Waals surface area (Å²) in [5.41, 5.74) is 3.09. The number of pyridine rings is 2. The number of aryl methyl sites for hydroxylation is 1. The van der Waals surface area contributed by atoms with Gasteiger partial charge in [0.15, 0.2) is 5.82 Å². The van der Waals surface area contributed by atoms with Gasteiger partial charge < -0.3 is 10.6 Å². The first-order valence-corrected chi connectivity index (χ1v) is 9.68. The summed E-state index contributed by atoms with van der Waals surface area (Å²) in [7, 11) is 0. The summed E-state index contributed by atoms with van der Waals surface area (Å²) in [6, 6.07) is 17.4. The number of hydrogen-bond donors (Lipinski definition) is 3. The van der Waals surface area contributed by atoms with Gasteiger partial charge in [-0.3, -0.25) is 9.89 Å². The SMILES string of the molecule is Cc1cc(=O)n(C(=O)Nc2cccnc2Nc2ccc3cn[nH]c3c2)c2ccccc12. The molecular formula is C23H18N6O2. The first-order chi connectivity index (χ1) is 15.1. The minimum absolute atomic E-state index is 0.392. The zero-order valence-electron chi connectivity index (χ0n) is 16.6. The second-order valence-electron chi connectivity index (χ2n) is 7.14. The molecule has 1 amide bonds. The van der Waals surface area contributed by atoms with Gasteiger partial charge >= 0.3 is 6.03 Å². The number of carbonyl (C=O) groups excluding carboxylic acids is 1. The zero-order chi connectivity index (χ0) is 21.4. The fourth-order valence-corrected chi connectivity index (χ4v) is 3.59. The molecule has 8 heteroatoms. The van der Waals surface area contributed by atoms with E-state index in [4.69, 9.17) is 0 Å². The number of aromatic amines is 1. The number of amides is 1. The Kier molecular flexibility index (Phi) is 4.44. The maximum Gasteiger partial charge on any atom is 0.333 e. The van der Waals surface area contributed by atoms with Crippen molar-refractivity contribution in [2.75, 3.05) is 10.6 Å². The number of anilines is 3. The molecule has 2 aromatic carbocycles. The second-order valence-corrected chi connectivity index (χ2v) is 7.14. The lowest BCUT2D eigenvalue weighted by molar-refractivity contribution is 0.253. The van der Waals surface area contributed by atoms with Crippen molar-refractivity contribution in [1.82, 2.24) is 19.7 Å². The largest absolute Gasteiger partial charge is 0.338 e. The van der Waals surface area contributed by atoms with Crippen LogP contribution in [0.4, 0.5) is 22.0 Å². The van der Waals surface area contributed by atoms with Crippen LogP contribution in [0, 0.1) is 6.92 Å². The van der Waals surface area contributed by atoms with Gasteiger partial charge in [0.05, 0.1) is 22.9 Å². The number of para-hydroxylation sites is 1. The van der Waals surface area contributed by atoms with Crippen molar-refractivity contribution in [2.24, 2.45) is 0 Å². The maximum atomic E-state index is 13.1. The third-order valence-electron chi connectivity index (χ3n) is 5.09. The van der Waals surface area contributed by atoms with E-state index in [9.17, 15) is 9.59 Å². The molecule has 0 saturated carbocycles. The fraction of sp³-hybridized carbons (Fsp3) is 0.0435. The average Bonchev–Trinajstić information content (AvgIpc) is 3.23. The van der Waals surface area contributed by atoms with Crippen LogP contribution in [-0.4, -0.2) is 25.8 Å². The summed E-state index contributed by atoms with van der Waals surface area (Å²) in [4.78, 5) is 30.1. The van der Waals surface area contributed by atoms with Crippen LogP contribution >= 0.6 is 0 Å². The van der Waals surface area contributed by atoms with Crippen molar-refractivity contribution in [2.45, 2.75) is 6.92 Å². The number of nitrogens with one attached hydrogen (secondary N) is 3. The van der Waals surface area contributed by atoms with E-state index >= 15 is 0 Å². The molecule has 0 aliphatic carbocycles. The fourth-order valence-electron chi connectivity index (χ4n) is 3.59. The molecule has 0 aliphatic rings. The number of carbonyl (C=O) groups is 1. The van der Waals surface area contributed by atoms with E-state index in [2.05, 4.69) is 25.8 Å². The minimum atomic E-state index is -0.554. The number of aromatic nitrogens is 4. The van der Waals surface area contributed by atoms with Gasteiger partial charge in [-0.25, -0.2) is 14.3 Å². The van der Waals surface area contributed by atoms with E-state index in [0.717, 1.165) is 32.1 Å². The van der Waals surface area contributed by atoms with Crippen LogP contribution in [0.1, 0.15) is 5.56 Å². The first kappa shape index (κ1) is 18.6. The van der Waals surface area contributed by atoms with Crippen LogP contribution < -0.4 is 16.2 Å². The number of hydrogen-bond acceptors (Lipinski definition) is 5. The molecule has 0 radical (unpaired) electrons. The van der Waals surface area contributed by atoms with Crippen LogP contribution in [0.25, 0.3) is 21.8 Å². The standard InChI is InChI=1S/C23H18N6O2/c1-14-11-21(30)29(20-7-3-2-5-17(14)20)23(31)27-18-6-4-10-24-22(18)26-16-9-8-15-13-25-28-19(15)12-16/h2-13H,1H3,(H,24,26)(H,25,28)(H,27,31). The Morgan fingerprint density at radius 2 is 1.94 bits per heavy atom. The molecule has 31 heavy (non-hydrogen) atoms. The topological polar surface area (TPSA) is 105 Å². The Hall–Kier alpha value is -4.46. The van der Waals surface area contributed by atoms with Gasteiger partial charge in [0.2, 0.25) is 0 Å². The Balaban J connectivity index is 1.49. The summed E-state index contributed by atoms with van der Waals surface area (Å²) >= 11 is 0. The highest BCUT2D eigenvalue weighted by molar-refractivity contribution is 6.00. The molecule has 152 valence electrons. The second kappa shape index (κ2) is 7.42. The van der Waals surface area contributed by atoms with Gasteiger partial charge in [0, 0.05) is 28.7 Å². The van der Waals surface area contributed by atoms with Crippen molar-refractivity contribution in [3.8, 4) is 0 Å². The lowest BCUT2D eigenvalue weighted by Crippen LogP contribution is -2.31. The molecule has 0 bridgehead atoms. The summed E-state index contributed by atoms with van der Waals surface area (Å²) in [5.74, 6) is 0.458. The molecular weight excluding hydrogens is 392 g/mol. The molecule has 3 N–H and O–H groups in total. The highest BCUT2D eigenvalue weighted by Crippen LogP contribution is 2.25.